The van der Waals surface area contributed by atoms with Crippen molar-refractivity contribution in [1.29, 1.82) is 0 Å². The number of carbonyl (C=O) groups excluding carboxylic acids is 2. The number of hydrogen-bond donors (Lipinski definition) is 3. The Morgan fingerprint density at radius 3 is 2.17 bits per heavy atom. The van der Waals surface area contributed by atoms with Crippen LogP contribution in [0, 0.1) is 0 Å². The van der Waals surface area contributed by atoms with Crippen molar-refractivity contribution in [2.45, 2.75) is 26.3 Å². The molecule has 0 aliphatic heterocycles. The molecular weight excluding hydrogens is 326 g/mol. The van der Waals surface area contributed by atoms with Crippen LogP contribution in [0.15, 0.2) is 48.5 Å². The minimum absolute atomic E-state index is 0.0203. The van der Waals surface area contributed by atoms with Gasteiger partial charge < -0.3 is 16.0 Å². The molecule has 126 valence electrons. The number of nitrogens with one attached hydrogen (secondary N) is 3. The molecule has 0 aliphatic rings. The number of rotatable bonds is 5. The van der Waals surface area contributed by atoms with E-state index in [1.807, 2.05) is 32.0 Å². The second-order valence-corrected chi connectivity index (χ2v) is 6.02. The van der Waals surface area contributed by atoms with Gasteiger partial charge in [0.1, 0.15) is 0 Å². The fraction of sp³-hybridized carbons (Fsp3) is 0.222. The van der Waals surface area contributed by atoms with Gasteiger partial charge in [-0.05, 0) is 37.6 Å². The van der Waals surface area contributed by atoms with Gasteiger partial charge in [-0.25, -0.2) is 4.79 Å². The van der Waals surface area contributed by atoms with Gasteiger partial charge in [-0.15, -0.1) is 0 Å². The smallest absolute Gasteiger partial charge is 0.319 e. The predicted octanol–water partition coefficient (Wildman–Crippen LogP) is 4.05. The first kappa shape index (κ1) is 17.8. The van der Waals surface area contributed by atoms with Crippen LogP contribution in [0.5, 0.6) is 0 Å². The maximum absolute atomic E-state index is 12.3. The summed E-state index contributed by atoms with van der Waals surface area (Å²) in [4.78, 5) is 24.1. The molecule has 0 spiro atoms. The van der Waals surface area contributed by atoms with E-state index in [1.165, 1.54) is 0 Å². The number of halogens is 1. The van der Waals surface area contributed by atoms with Crippen LogP contribution < -0.4 is 16.0 Å². The SMILES string of the molecule is CC(C)NC(=O)Nc1ccccc1NC(=O)Cc1ccccc1Cl. The van der Waals surface area contributed by atoms with Crippen LogP contribution in [0.25, 0.3) is 0 Å². The molecule has 24 heavy (non-hydrogen) atoms. The molecular formula is C18H20ClN3O2. The lowest BCUT2D eigenvalue weighted by molar-refractivity contribution is -0.115. The van der Waals surface area contributed by atoms with E-state index in [0.29, 0.717) is 16.4 Å². The van der Waals surface area contributed by atoms with Gasteiger partial charge in [0.15, 0.2) is 0 Å². The van der Waals surface area contributed by atoms with Crippen molar-refractivity contribution < 1.29 is 9.59 Å². The lowest BCUT2D eigenvalue weighted by Gasteiger charge is -2.14. The molecule has 3 amide bonds. The quantitative estimate of drug-likeness (QED) is 0.765. The summed E-state index contributed by atoms with van der Waals surface area (Å²) < 4.78 is 0. The van der Waals surface area contributed by atoms with Crippen molar-refractivity contribution in [3.8, 4) is 0 Å². The van der Waals surface area contributed by atoms with Crippen molar-refractivity contribution in [1.82, 2.24) is 5.32 Å². The number of para-hydroxylation sites is 2. The standard InChI is InChI=1S/C18H20ClN3O2/c1-12(2)20-18(24)22-16-10-6-5-9-15(16)21-17(23)11-13-7-3-4-8-14(13)19/h3-10,12H,11H2,1-2H3,(H,21,23)(H2,20,22,24). The summed E-state index contributed by atoms with van der Waals surface area (Å²) in [5, 5.41) is 8.83. The number of carbonyl (C=O) groups is 2. The largest absolute Gasteiger partial charge is 0.336 e. The third kappa shape index (κ3) is 5.28. The first-order valence-electron chi connectivity index (χ1n) is 7.65. The zero-order valence-corrected chi connectivity index (χ0v) is 14.4. The van der Waals surface area contributed by atoms with Crippen LogP contribution in [-0.2, 0) is 11.2 Å². The van der Waals surface area contributed by atoms with Crippen LogP contribution in [-0.4, -0.2) is 18.0 Å². The van der Waals surface area contributed by atoms with E-state index in [-0.39, 0.29) is 24.4 Å². The highest BCUT2D eigenvalue weighted by Crippen LogP contribution is 2.22. The fourth-order valence-electron chi connectivity index (χ4n) is 2.13. The molecule has 0 fully saturated rings. The minimum atomic E-state index is -0.321. The fourth-order valence-corrected chi connectivity index (χ4v) is 2.33. The van der Waals surface area contributed by atoms with Gasteiger partial charge in [0.25, 0.3) is 0 Å². The monoisotopic (exact) mass is 345 g/mol. The summed E-state index contributed by atoms with van der Waals surface area (Å²) in [5.74, 6) is -0.207. The van der Waals surface area contributed by atoms with Gasteiger partial charge in [-0.1, -0.05) is 41.9 Å². The van der Waals surface area contributed by atoms with E-state index in [2.05, 4.69) is 16.0 Å². The van der Waals surface area contributed by atoms with Gasteiger partial charge in [-0.2, -0.15) is 0 Å². The number of amides is 3. The summed E-state index contributed by atoms with van der Waals surface area (Å²) in [5.41, 5.74) is 1.82. The summed E-state index contributed by atoms with van der Waals surface area (Å²) >= 11 is 6.07. The van der Waals surface area contributed by atoms with Crippen LogP contribution >= 0.6 is 11.6 Å². The van der Waals surface area contributed by atoms with Gasteiger partial charge in [0, 0.05) is 11.1 Å². The Kier molecular flexibility index (Phi) is 6.21. The average molecular weight is 346 g/mol. The minimum Gasteiger partial charge on any atom is -0.336 e. The summed E-state index contributed by atoms with van der Waals surface area (Å²) in [6.45, 7) is 3.74. The van der Waals surface area contributed by atoms with Gasteiger partial charge in [-0.3, -0.25) is 4.79 Å². The molecule has 0 heterocycles. The van der Waals surface area contributed by atoms with Crippen molar-refractivity contribution >= 4 is 34.9 Å². The number of hydrogen-bond acceptors (Lipinski definition) is 2. The van der Waals surface area contributed by atoms with Crippen molar-refractivity contribution in [2.24, 2.45) is 0 Å². The van der Waals surface area contributed by atoms with Gasteiger partial charge >= 0.3 is 6.03 Å². The molecule has 0 saturated carbocycles. The second-order valence-electron chi connectivity index (χ2n) is 5.62. The average Bonchev–Trinajstić information content (AvgIpc) is 2.50. The van der Waals surface area contributed by atoms with Crippen molar-refractivity contribution in [2.75, 3.05) is 10.6 Å². The number of benzene rings is 2. The molecule has 0 aliphatic carbocycles. The second kappa shape index (κ2) is 8.36. The molecule has 0 atom stereocenters. The van der Waals surface area contributed by atoms with Crippen molar-refractivity contribution in [3.63, 3.8) is 0 Å². The normalized spacial score (nSPS) is 10.3. The Labute approximate surface area is 146 Å². The Morgan fingerprint density at radius 2 is 1.54 bits per heavy atom. The van der Waals surface area contributed by atoms with Crippen LogP contribution in [0.4, 0.5) is 16.2 Å². The molecule has 2 rings (SSSR count). The predicted molar refractivity (Wildman–Crippen MR) is 97.5 cm³/mol. The Balaban J connectivity index is 2.05. The zero-order valence-electron chi connectivity index (χ0n) is 13.6. The Morgan fingerprint density at radius 1 is 0.958 bits per heavy atom. The molecule has 0 saturated heterocycles. The topological polar surface area (TPSA) is 70.2 Å². The summed E-state index contributed by atoms with van der Waals surface area (Å²) in [6, 6.07) is 13.9. The molecule has 0 unspecified atom stereocenters. The molecule has 2 aromatic rings. The van der Waals surface area contributed by atoms with E-state index < -0.39 is 0 Å². The van der Waals surface area contributed by atoms with Crippen LogP contribution in [0.1, 0.15) is 19.4 Å². The zero-order chi connectivity index (χ0) is 17.5. The van der Waals surface area contributed by atoms with E-state index in [1.54, 1.807) is 30.3 Å². The lowest BCUT2D eigenvalue weighted by Crippen LogP contribution is -2.34. The van der Waals surface area contributed by atoms with E-state index in [0.717, 1.165) is 5.56 Å². The third-order valence-corrected chi connectivity index (χ3v) is 3.55. The molecule has 2 aromatic carbocycles. The number of anilines is 2. The van der Waals surface area contributed by atoms with E-state index in [4.69, 9.17) is 11.6 Å². The van der Waals surface area contributed by atoms with Crippen molar-refractivity contribution in [3.05, 3.63) is 59.1 Å². The third-order valence-electron chi connectivity index (χ3n) is 3.18. The number of urea groups is 1. The molecule has 3 N–H and O–H groups in total. The van der Waals surface area contributed by atoms with Crippen LogP contribution in [0.2, 0.25) is 5.02 Å². The highest BCUT2D eigenvalue weighted by Gasteiger charge is 2.11. The molecule has 5 nitrogen and oxygen atoms in total. The first-order chi connectivity index (χ1) is 11.5. The highest BCUT2D eigenvalue weighted by molar-refractivity contribution is 6.31. The maximum atomic E-state index is 12.3. The summed E-state index contributed by atoms with van der Waals surface area (Å²) in [6.07, 6.45) is 0.159. The van der Waals surface area contributed by atoms with Gasteiger partial charge in [0.2, 0.25) is 5.91 Å². The first-order valence-corrected chi connectivity index (χ1v) is 8.03. The molecule has 6 heteroatoms. The lowest BCUT2D eigenvalue weighted by atomic mass is 10.1. The Bertz CT molecular complexity index is 732. The van der Waals surface area contributed by atoms with E-state index >= 15 is 0 Å². The highest BCUT2D eigenvalue weighted by atomic mass is 35.5. The molecule has 0 bridgehead atoms. The van der Waals surface area contributed by atoms with E-state index in [9.17, 15) is 9.59 Å². The molecule has 0 radical (unpaired) electrons. The molecule has 0 aromatic heterocycles. The van der Waals surface area contributed by atoms with Crippen LogP contribution in [0.3, 0.4) is 0 Å². The maximum Gasteiger partial charge on any atom is 0.319 e. The van der Waals surface area contributed by atoms with Gasteiger partial charge in [0.05, 0.1) is 17.8 Å². The summed E-state index contributed by atoms with van der Waals surface area (Å²) in [7, 11) is 0. The Hall–Kier alpha value is -2.53.